The van der Waals surface area contributed by atoms with E-state index in [4.69, 9.17) is 24.3 Å². The van der Waals surface area contributed by atoms with Crippen molar-refractivity contribution in [3.8, 4) is 34.1 Å². The van der Waals surface area contributed by atoms with Crippen LogP contribution in [-0.2, 0) is 6.42 Å². The van der Waals surface area contributed by atoms with Crippen molar-refractivity contribution in [2.45, 2.75) is 33.6 Å². The van der Waals surface area contributed by atoms with Crippen LogP contribution in [0.1, 0.15) is 42.0 Å². The number of Topliss-reactive ketones (excluding diaryl/α,β-unsaturated/α-hetero) is 1. The summed E-state index contributed by atoms with van der Waals surface area (Å²) in [5.74, 6) is 1.64. The van der Waals surface area contributed by atoms with E-state index in [-0.39, 0.29) is 11.2 Å². The van der Waals surface area contributed by atoms with E-state index in [2.05, 4.69) is 13.8 Å². The fraction of sp³-hybridized carbons (Fsp3) is 0.321. The maximum Gasteiger partial charge on any atom is 0.203 e. The topological polar surface area (TPSA) is 75.5 Å². The Bertz CT molecular complexity index is 1430. The van der Waals surface area contributed by atoms with Crippen molar-refractivity contribution in [3.63, 3.8) is 0 Å². The summed E-state index contributed by atoms with van der Waals surface area (Å²) in [6, 6.07) is 13.7. The number of nitrogens with zero attached hydrogens (tertiary/aromatic N) is 3. The van der Waals surface area contributed by atoms with Crippen LogP contribution in [0.2, 0.25) is 0 Å². The Kier molecular flexibility index (Phi) is 5.50. The molecule has 180 valence electrons. The van der Waals surface area contributed by atoms with Gasteiger partial charge in [-0.1, -0.05) is 32.0 Å². The first kappa shape index (κ1) is 22.9. The fourth-order valence-corrected chi connectivity index (χ4v) is 5.09. The van der Waals surface area contributed by atoms with E-state index in [1.807, 2.05) is 54.1 Å². The lowest BCUT2D eigenvalue weighted by Gasteiger charge is -2.31. The van der Waals surface area contributed by atoms with Crippen molar-refractivity contribution >= 4 is 16.8 Å². The summed E-state index contributed by atoms with van der Waals surface area (Å²) in [6.07, 6.45) is 1.15. The lowest BCUT2D eigenvalue weighted by atomic mass is 9.73. The second-order valence-corrected chi connectivity index (χ2v) is 9.69. The number of methoxy groups -OCH3 is 3. The van der Waals surface area contributed by atoms with Crippen LogP contribution < -0.4 is 14.2 Å². The van der Waals surface area contributed by atoms with Crippen LogP contribution in [0.4, 0.5) is 0 Å². The predicted molar refractivity (Wildman–Crippen MR) is 135 cm³/mol. The Hall–Kier alpha value is -3.87. The van der Waals surface area contributed by atoms with E-state index in [0.29, 0.717) is 35.7 Å². The standard InChI is InChI=1S/C28H29N3O4/c1-16-23-24(17-12-21(33-4)26(35-6)22(13-17)34-5)25-19(14-28(2,3)15-20(25)32)29-27(23)31(30-16)18-10-8-7-9-11-18/h7-13H,14-15H2,1-6H3. The Labute approximate surface area is 204 Å². The van der Waals surface area contributed by atoms with Gasteiger partial charge in [0, 0.05) is 17.5 Å². The van der Waals surface area contributed by atoms with Crippen molar-refractivity contribution in [3.05, 3.63) is 59.4 Å². The van der Waals surface area contributed by atoms with Gasteiger partial charge in [0.1, 0.15) is 0 Å². The van der Waals surface area contributed by atoms with Crippen molar-refractivity contribution in [2.24, 2.45) is 5.41 Å². The van der Waals surface area contributed by atoms with E-state index in [0.717, 1.165) is 39.2 Å². The molecule has 5 rings (SSSR count). The summed E-state index contributed by atoms with van der Waals surface area (Å²) in [5, 5.41) is 5.70. The van der Waals surface area contributed by atoms with Gasteiger partial charge < -0.3 is 14.2 Å². The Morgan fingerprint density at radius 2 is 1.57 bits per heavy atom. The van der Waals surface area contributed by atoms with Crippen LogP contribution in [0.5, 0.6) is 17.2 Å². The molecule has 0 radical (unpaired) electrons. The van der Waals surface area contributed by atoms with Gasteiger partial charge in [-0.2, -0.15) is 5.10 Å². The quantitative estimate of drug-likeness (QED) is 0.378. The van der Waals surface area contributed by atoms with Gasteiger partial charge in [-0.3, -0.25) is 4.79 Å². The third-order valence-electron chi connectivity index (χ3n) is 6.58. The molecule has 7 heteroatoms. The average Bonchev–Trinajstić information content (AvgIpc) is 3.17. The van der Waals surface area contributed by atoms with Gasteiger partial charge in [0.15, 0.2) is 22.9 Å². The maximum absolute atomic E-state index is 13.6. The molecule has 0 amide bonds. The minimum atomic E-state index is -0.177. The second-order valence-electron chi connectivity index (χ2n) is 9.69. The fourth-order valence-electron chi connectivity index (χ4n) is 5.09. The van der Waals surface area contributed by atoms with Crippen molar-refractivity contribution in [1.82, 2.24) is 14.8 Å². The number of pyridine rings is 1. The largest absolute Gasteiger partial charge is 0.493 e. The SMILES string of the molecule is COc1cc(-c2c3c(nc4c2c(C)nn4-c2ccccc2)CC(C)(C)CC3=O)cc(OC)c1OC. The van der Waals surface area contributed by atoms with E-state index in [1.165, 1.54) is 0 Å². The average molecular weight is 472 g/mol. The smallest absolute Gasteiger partial charge is 0.203 e. The number of hydrogen-bond donors (Lipinski definition) is 0. The molecule has 0 aliphatic heterocycles. The summed E-state index contributed by atoms with van der Waals surface area (Å²) in [4.78, 5) is 18.7. The van der Waals surface area contributed by atoms with Crippen LogP contribution >= 0.6 is 0 Å². The van der Waals surface area contributed by atoms with Gasteiger partial charge in [0.2, 0.25) is 5.75 Å². The zero-order valence-electron chi connectivity index (χ0n) is 20.9. The molecule has 0 saturated heterocycles. The number of fused-ring (bicyclic) bond motifs is 2. The third-order valence-corrected chi connectivity index (χ3v) is 6.58. The Morgan fingerprint density at radius 3 is 2.17 bits per heavy atom. The van der Waals surface area contributed by atoms with Gasteiger partial charge in [0.25, 0.3) is 0 Å². The second kappa shape index (κ2) is 8.41. The molecule has 2 aromatic heterocycles. The number of para-hydroxylation sites is 1. The first-order valence-electron chi connectivity index (χ1n) is 11.6. The van der Waals surface area contributed by atoms with Gasteiger partial charge in [0.05, 0.1) is 43.8 Å². The summed E-state index contributed by atoms with van der Waals surface area (Å²) >= 11 is 0. The molecule has 0 bridgehead atoms. The van der Waals surface area contributed by atoms with Crippen molar-refractivity contribution in [2.75, 3.05) is 21.3 Å². The minimum Gasteiger partial charge on any atom is -0.493 e. The number of benzene rings is 2. The first-order valence-corrected chi connectivity index (χ1v) is 11.6. The lowest BCUT2D eigenvalue weighted by molar-refractivity contribution is 0.0911. The van der Waals surface area contributed by atoms with E-state index in [1.54, 1.807) is 21.3 Å². The zero-order valence-corrected chi connectivity index (χ0v) is 20.9. The normalized spacial score (nSPS) is 14.6. The van der Waals surface area contributed by atoms with Crippen molar-refractivity contribution in [1.29, 1.82) is 0 Å². The van der Waals surface area contributed by atoms with Crippen LogP contribution in [0.15, 0.2) is 42.5 Å². The number of hydrogen-bond acceptors (Lipinski definition) is 6. The molecular formula is C28H29N3O4. The molecule has 35 heavy (non-hydrogen) atoms. The van der Waals surface area contributed by atoms with Gasteiger partial charge in [-0.25, -0.2) is 9.67 Å². The molecular weight excluding hydrogens is 442 g/mol. The molecule has 4 aromatic rings. The Balaban J connectivity index is 1.92. The number of rotatable bonds is 5. The van der Waals surface area contributed by atoms with Crippen molar-refractivity contribution < 1.29 is 19.0 Å². The summed E-state index contributed by atoms with van der Waals surface area (Å²) in [6.45, 7) is 6.17. The third kappa shape index (κ3) is 3.71. The highest BCUT2D eigenvalue weighted by molar-refractivity contribution is 6.12. The Morgan fingerprint density at radius 1 is 0.914 bits per heavy atom. The summed E-state index contributed by atoms with van der Waals surface area (Å²) < 4.78 is 18.7. The summed E-state index contributed by atoms with van der Waals surface area (Å²) in [5.41, 5.74) is 5.31. The lowest BCUT2D eigenvalue weighted by Crippen LogP contribution is -2.28. The number of aromatic nitrogens is 3. The number of carbonyl (C=O) groups excluding carboxylic acids is 1. The zero-order chi connectivity index (χ0) is 24.9. The van der Waals surface area contributed by atoms with Crippen LogP contribution in [0, 0.1) is 12.3 Å². The number of aryl methyl sites for hydroxylation is 1. The maximum atomic E-state index is 13.6. The molecule has 2 aromatic carbocycles. The van der Waals surface area contributed by atoms with Gasteiger partial charge in [-0.05, 0) is 48.6 Å². The highest BCUT2D eigenvalue weighted by Crippen LogP contribution is 2.47. The van der Waals surface area contributed by atoms with Crippen LogP contribution in [-0.4, -0.2) is 41.9 Å². The highest BCUT2D eigenvalue weighted by atomic mass is 16.5. The van der Waals surface area contributed by atoms with E-state index >= 15 is 0 Å². The molecule has 0 saturated carbocycles. The van der Waals surface area contributed by atoms with E-state index < -0.39 is 0 Å². The molecule has 0 unspecified atom stereocenters. The molecule has 2 heterocycles. The van der Waals surface area contributed by atoms with Crippen LogP contribution in [0.3, 0.4) is 0 Å². The molecule has 1 aliphatic carbocycles. The summed E-state index contributed by atoms with van der Waals surface area (Å²) in [7, 11) is 4.75. The number of carbonyl (C=O) groups is 1. The molecule has 1 aliphatic rings. The highest BCUT2D eigenvalue weighted by Gasteiger charge is 2.36. The monoisotopic (exact) mass is 471 g/mol. The molecule has 0 spiro atoms. The minimum absolute atomic E-state index is 0.0845. The molecule has 0 N–H and O–H groups in total. The van der Waals surface area contributed by atoms with Crippen LogP contribution in [0.25, 0.3) is 27.8 Å². The van der Waals surface area contributed by atoms with E-state index in [9.17, 15) is 4.79 Å². The van der Waals surface area contributed by atoms with Gasteiger partial charge in [-0.15, -0.1) is 0 Å². The molecule has 0 fully saturated rings. The number of ketones is 1. The molecule has 7 nitrogen and oxygen atoms in total. The first-order chi connectivity index (χ1) is 16.8. The number of ether oxygens (including phenoxy) is 3. The molecule has 0 atom stereocenters. The van der Waals surface area contributed by atoms with Gasteiger partial charge >= 0.3 is 0 Å². The predicted octanol–water partition coefficient (Wildman–Crippen LogP) is 5.58.